The summed E-state index contributed by atoms with van der Waals surface area (Å²) in [5.74, 6) is -0.316. The number of piperazine rings is 1. The van der Waals surface area contributed by atoms with Gasteiger partial charge in [0, 0.05) is 43.5 Å². The van der Waals surface area contributed by atoms with Crippen LogP contribution in [-0.4, -0.2) is 52.8 Å². The molecule has 6 rings (SSSR count). The highest BCUT2D eigenvalue weighted by molar-refractivity contribution is 5.70. The minimum atomic E-state index is -0.672. The minimum Gasteiger partial charge on any atom is -0.495 e. The molecule has 4 heterocycles. The normalized spacial score (nSPS) is 14.6. The van der Waals surface area contributed by atoms with Gasteiger partial charge in [-0.2, -0.15) is 0 Å². The molecule has 1 saturated heterocycles. The maximum atomic E-state index is 14.9. The van der Waals surface area contributed by atoms with Gasteiger partial charge >= 0.3 is 0 Å². The van der Waals surface area contributed by atoms with Crippen LogP contribution in [-0.2, 0) is 6.61 Å². The van der Waals surface area contributed by atoms with E-state index < -0.39 is 11.6 Å². The number of nitrogens with zero attached hydrogens (tertiary/aromatic N) is 5. The van der Waals surface area contributed by atoms with Crippen LogP contribution in [0.15, 0.2) is 49.1 Å². The Kier molecular flexibility index (Phi) is 5.61. The Morgan fingerprint density at radius 1 is 1.06 bits per heavy atom. The van der Waals surface area contributed by atoms with Crippen molar-refractivity contribution in [2.45, 2.75) is 6.61 Å². The smallest absolute Gasteiger partial charge is 0.227 e. The highest BCUT2D eigenvalue weighted by atomic mass is 19.1. The summed E-state index contributed by atoms with van der Waals surface area (Å²) in [6.07, 6.45) is 4.27. The molecule has 2 aliphatic heterocycles. The summed E-state index contributed by atoms with van der Waals surface area (Å²) in [6.45, 7) is 3.79. The largest absolute Gasteiger partial charge is 0.495 e. The van der Waals surface area contributed by atoms with Gasteiger partial charge in [0.1, 0.15) is 18.1 Å². The molecule has 2 N–H and O–H groups in total. The second kappa shape index (κ2) is 9.08. The Balaban J connectivity index is 1.32. The third-order valence-corrected chi connectivity index (χ3v) is 6.27. The van der Waals surface area contributed by atoms with Gasteiger partial charge in [-0.05, 0) is 24.3 Å². The van der Waals surface area contributed by atoms with Crippen LogP contribution in [0.5, 0.6) is 11.5 Å². The first-order valence-corrected chi connectivity index (χ1v) is 11.5. The Labute approximate surface area is 205 Å². The summed E-state index contributed by atoms with van der Waals surface area (Å²) < 4.78 is 42.6. The maximum Gasteiger partial charge on any atom is 0.227 e. The van der Waals surface area contributed by atoms with E-state index in [4.69, 9.17) is 9.47 Å². The molecule has 9 nitrogen and oxygen atoms in total. The fraction of sp³-hybridized carbons (Fsp3) is 0.240. The van der Waals surface area contributed by atoms with Gasteiger partial charge in [0.05, 0.1) is 42.9 Å². The molecule has 0 spiro atoms. The van der Waals surface area contributed by atoms with Crippen molar-refractivity contribution >= 4 is 17.3 Å². The predicted octanol–water partition coefficient (Wildman–Crippen LogP) is 3.66. The third-order valence-electron chi connectivity index (χ3n) is 6.27. The number of benzene rings is 2. The number of aromatic nitrogens is 4. The Morgan fingerprint density at radius 3 is 2.75 bits per heavy atom. The summed E-state index contributed by atoms with van der Waals surface area (Å²) in [4.78, 5) is 14.8. The molecule has 36 heavy (non-hydrogen) atoms. The maximum absolute atomic E-state index is 14.9. The zero-order valence-corrected chi connectivity index (χ0v) is 19.5. The number of halogens is 2. The van der Waals surface area contributed by atoms with Crippen LogP contribution in [0.2, 0.25) is 0 Å². The van der Waals surface area contributed by atoms with Crippen molar-refractivity contribution in [1.82, 2.24) is 24.8 Å². The monoisotopic (exact) mass is 491 g/mol. The van der Waals surface area contributed by atoms with Crippen molar-refractivity contribution in [2.24, 2.45) is 0 Å². The van der Waals surface area contributed by atoms with Gasteiger partial charge < -0.3 is 25.0 Å². The Morgan fingerprint density at radius 2 is 1.92 bits per heavy atom. The number of anilines is 3. The minimum absolute atomic E-state index is 0.0363. The number of fused-ring (bicyclic) bond motifs is 3. The summed E-state index contributed by atoms with van der Waals surface area (Å²) in [5, 5.41) is 6.44. The summed E-state index contributed by atoms with van der Waals surface area (Å²) >= 11 is 0. The van der Waals surface area contributed by atoms with Gasteiger partial charge in [-0.15, -0.1) is 0 Å². The number of nitrogens with one attached hydrogen (secondary N) is 2. The van der Waals surface area contributed by atoms with Crippen LogP contribution < -0.4 is 25.0 Å². The molecule has 0 radical (unpaired) electrons. The lowest BCUT2D eigenvalue weighted by Gasteiger charge is -2.30. The molecule has 0 unspecified atom stereocenters. The Bertz CT molecular complexity index is 1440. The van der Waals surface area contributed by atoms with Gasteiger partial charge in [-0.1, -0.05) is 0 Å². The van der Waals surface area contributed by atoms with E-state index in [9.17, 15) is 8.78 Å². The lowest BCUT2D eigenvalue weighted by molar-refractivity contribution is 0.270. The first-order valence-electron chi connectivity index (χ1n) is 11.5. The van der Waals surface area contributed by atoms with Crippen LogP contribution in [0, 0.1) is 11.6 Å². The summed E-state index contributed by atoms with van der Waals surface area (Å²) in [6, 6.07) is 8.55. The lowest BCUT2D eigenvalue weighted by Crippen LogP contribution is -2.43. The molecule has 2 aromatic carbocycles. The van der Waals surface area contributed by atoms with Gasteiger partial charge in [-0.3, -0.25) is 4.57 Å². The van der Waals surface area contributed by atoms with Crippen molar-refractivity contribution in [1.29, 1.82) is 0 Å². The van der Waals surface area contributed by atoms with E-state index in [0.717, 1.165) is 43.8 Å². The molecule has 0 saturated carbocycles. The average Bonchev–Trinajstić information content (AvgIpc) is 3.40. The number of hydrogen-bond donors (Lipinski definition) is 2. The van der Waals surface area contributed by atoms with E-state index in [2.05, 4.69) is 30.5 Å². The zero-order chi connectivity index (χ0) is 24.6. The first kappa shape index (κ1) is 22.2. The van der Waals surface area contributed by atoms with Gasteiger partial charge in [0.25, 0.3) is 0 Å². The van der Waals surface area contributed by atoms with Crippen molar-refractivity contribution < 1.29 is 18.3 Å². The standard InChI is InChI=1S/C25H23F2N7O2/c1-35-22-10-16(2-3-20(22)33-6-4-28-5-7-33)31-25-30-12-19(27)23(32-25)15-8-18(26)24-21(9-15)34-14-29-11-17(34)13-36-24/h2-3,8-12,14,28H,4-7,13H2,1H3,(H,30,31,32). The average molecular weight is 492 g/mol. The number of ether oxygens (including phenoxy) is 2. The van der Waals surface area contributed by atoms with Gasteiger partial charge in [-0.25, -0.2) is 23.7 Å². The number of methoxy groups -OCH3 is 1. The highest BCUT2D eigenvalue weighted by Crippen LogP contribution is 2.37. The van der Waals surface area contributed by atoms with Crippen LogP contribution >= 0.6 is 0 Å². The molecule has 184 valence electrons. The quantitative estimate of drug-likeness (QED) is 0.437. The van der Waals surface area contributed by atoms with Crippen molar-refractivity contribution in [3.8, 4) is 28.4 Å². The third kappa shape index (κ3) is 3.97. The van der Waals surface area contributed by atoms with Crippen molar-refractivity contribution in [3.05, 3.63) is 66.4 Å². The van der Waals surface area contributed by atoms with Crippen LogP contribution in [0.1, 0.15) is 5.69 Å². The Hall–Kier alpha value is -4.25. The van der Waals surface area contributed by atoms with Crippen LogP contribution in [0.25, 0.3) is 16.9 Å². The van der Waals surface area contributed by atoms with E-state index in [-0.39, 0.29) is 29.6 Å². The van der Waals surface area contributed by atoms with Crippen LogP contribution in [0.4, 0.5) is 26.1 Å². The molecule has 0 aliphatic carbocycles. The van der Waals surface area contributed by atoms with Crippen molar-refractivity contribution in [2.75, 3.05) is 43.5 Å². The molecule has 11 heteroatoms. The first-order chi connectivity index (χ1) is 17.6. The number of imidazole rings is 1. The van der Waals surface area contributed by atoms with E-state index in [0.29, 0.717) is 17.1 Å². The van der Waals surface area contributed by atoms with Crippen LogP contribution in [0.3, 0.4) is 0 Å². The van der Waals surface area contributed by atoms with E-state index in [1.807, 2.05) is 18.2 Å². The molecular weight excluding hydrogens is 468 g/mol. The molecule has 0 bridgehead atoms. The topological polar surface area (TPSA) is 89.4 Å². The second-order valence-corrected chi connectivity index (χ2v) is 8.49. The molecule has 2 aromatic heterocycles. The zero-order valence-electron chi connectivity index (χ0n) is 19.5. The SMILES string of the molecule is COc1cc(Nc2ncc(F)c(-c3cc(F)c4c(c3)-n3cncc3CO4)n2)ccc1N1CCNCC1. The number of rotatable bonds is 5. The molecule has 4 aromatic rings. The van der Waals surface area contributed by atoms with E-state index in [1.54, 1.807) is 30.3 Å². The summed E-state index contributed by atoms with van der Waals surface area (Å²) in [7, 11) is 1.62. The molecular formula is C25H23F2N7O2. The summed E-state index contributed by atoms with van der Waals surface area (Å²) in [5.41, 5.74) is 3.09. The second-order valence-electron chi connectivity index (χ2n) is 8.49. The van der Waals surface area contributed by atoms with E-state index in [1.165, 1.54) is 6.07 Å². The fourth-order valence-corrected chi connectivity index (χ4v) is 4.51. The highest BCUT2D eigenvalue weighted by Gasteiger charge is 2.23. The molecule has 2 aliphatic rings. The predicted molar refractivity (Wildman–Crippen MR) is 130 cm³/mol. The van der Waals surface area contributed by atoms with Gasteiger partial charge in [0.15, 0.2) is 17.4 Å². The van der Waals surface area contributed by atoms with Crippen molar-refractivity contribution in [3.63, 3.8) is 0 Å². The molecule has 0 amide bonds. The van der Waals surface area contributed by atoms with E-state index >= 15 is 0 Å². The molecule has 1 fully saturated rings. The lowest BCUT2D eigenvalue weighted by atomic mass is 10.1. The fourth-order valence-electron chi connectivity index (χ4n) is 4.51. The number of hydrogen-bond acceptors (Lipinski definition) is 8. The molecule has 0 atom stereocenters. The van der Waals surface area contributed by atoms with Gasteiger partial charge in [0.2, 0.25) is 5.95 Å².